The molecule has 0 atom stereocenters. The van der Waals surface area contributed by atoms with Crippen molar-refractivity contribution < 1.29 is 9.15 Å². The van der Waals surface area contributed by atoms with Crippen LogP contribution in [0.4, 0.5) is 34.1 Å². The first-order valence-corrected chi connectivity index (χ1v) is 25.2. The molecule has 0 N–H and O–H groups in total. The number of furan rings is 1. The number of benzene rings is 12. The summed E-state index contributed by atoms with van der Waals surface area (Å²) in [6.45, 7) is 4.71. The second-order valence-electron chi connectivity index (χ2n) is 20.0. The molecule has 0 fully saturated rings. The largest absolute Gasteiger partial charge is 0.456 e. The van der Waals surface area contributed by atoms with E-state index in [-0.39, 0.29) is 5.41 Å². The molecule has 4 nitrogen and oxygen atoms in total. The van der Waals surface area contributed by atoms with Gasteiger partial charge in [0.05, 0.1) is 22.7 Å². The van der Waals surface area contributed by atoms with Gasteiger partial charge in [-0.1, -0.05) is 178 Å². The van der Waals surface area contributed by atoms with E-state index in [1.165, 1.54) is 43.8 Å². The molecule has 2 heterocycles. The Hall–Kier alpha value is -9.38. The Morgan fingerprint density at radius 2 is 0.945 bits per heavy atom. The number of nitrogens with zero attached hydrogens (tertiary/aromatic N) is 2. The van der Waals surface area contributed by atoms with Crippen LogP contribution in [0.5, 0.6) is 11.5 Å². The lowest BCUT2D eigenvalue weighted by Gasteiger charge is -2.30. The van der Waals surface area contributed by atoms with Gasteiger partial charge >= 0.3 is 0 Å². The summed E-state index contributed by atoms with van der Waals surface area (Å²) in [4.78, 5) is 4.79. The minimum absolute atomic E-state index is 0.142. The fourth-order valence-electron chi connectivity index (χ4n) is 12.2. The number of anilines is 6. The molecule has 0 saturated heterocycles. The fourth-order valence-corrected chi connectivity index (χ4v) is 12.2. The van der Waals surface area contributed by atoms with Gasteiger partial charge in [-0.25, -0.2) is 0 Å². The Bertz CT molecular complexity index is 4400. The third-order valence-corrected chi connectivity index (χ3v) is 15.6. The van der Waals surface area contributed by atoms with Gasteiger partial charge in [-0.3, -0.25) is 0 Å². The van der Waals surface area contributed by atoms with Crippen LogP contribution in [0.25, 0.3) is 87.6 Å². The van der Waals surface area contributed by atoms with E-state index < -0.39 is 0 Å². The van der Waals surface area contributed by atoms with Crippen molar-refractivity contribution in [2.24, 2.45) is 0 Å². The van der Waals surface area contributed by atoms with Crippen molar-refractivity contribution in [3.63, 3.8) is 0 Å². The summed E-state index contributed by atoms with van der Waals surface area (Å²) < 4.78 is 13.9. The molecule has 13 aromatic rings. The lowest BCUT2D eigenvalue weighted by molar-refractivity contribution is 0.487. The molecule has 0 radical (unpaired) electrons. The van der Waals surface area contributed by atoms with Crippen molar-refractivity contribution in [3.05, 3.63) is 254 Å². The van der Waals surface area contributed by atoms with Crippen LogP contribution >= 0.6 is 0 Å². The standard InChI is InChI=1S/C69H46N2O2/c1-69(2)59-30-14-11-25-49(59)50-37-35-45(39-60(50)69)70(44-21-7-4-8-22-44)63-42-57-54-28-18-34-65-67(54)58(41-56(57)48-24-9-10-26-51(48)63)53-38-36-46(40-66(53)72-65)71(61-31-15-12-23-47(61)43-19-5-3-6-20-43)62-32-17-29-55-52-27-13-16-33-64(52)73-68(55)62/h3-42H,1-2H3. The molecule has 0 spiro atoms. The highest BCUT2D eigenvalue weighted by atomic mass is 16.5. The molecule has 0 amide bonds. The van der Waals surface area contributed by atoms with Crippen molar-refractivity contribution in [2.45, 2.75) is 19.3 Å². The highest BCUT2D eigenvalue weighted by Gasteiger charge is 2.36. The maximum absolute atomic E-state index is 7.14. The SMILES string of the molecule is CC1(C)c2ccccc2-c2ccc(N(c3ccccc3)c3cc4c5cccc6c5c(cc4c4ccccc34)-c3ccc(N(c4ccccc4-c4ccccc4)c4cccc5c4oc4ccccc45)cc3O6)cc21. The van der Waals surface area contributed by atoms with E-state index in [4.69, 9.17) is 9.15 Å². The van der Waals surface area contributed by atoms with Crippen molar-refractivity contribution in [3.8, 4) is 44.9 Å². The molecule has 2 aliphatic rings. The van der Waals surface area contributed by atoms with Crippen LogP contribution in [0.2, 0.25) is 0 Å². The predicted octanol–water partition coefficient (Wildman–Crippen LogP) is 19.7. The molecule has 73 heavy (non-hydrogen) atoms. The maximum atomic E-state index is 7.14. The zero-order valence-corrected chi connectivity index (χ0v) is 40.3. The summed E-state index contributed by atoms with van der Waals surface area (Å²) in [6, 6.07) is 87.7. The van der Waals surface area contributed by atoms with Gasteiger partial charge in [-0.15, -0.1) is 0 Å². The Kier molecular flexibility index (Phi) is 8.97. The van der Waals surface area contributed by atoms with Crippen LogP contribution in [0.15, 0.2) is 247 Å². The first-order chi connectivity index (χ1) is 36.0. The predicted molar refractivity (Wildman–Crippen MR) is 304 cm³/mol. The monoisotopic (exact) mass is 934 g/mol. The van der Waals surface area contributed by atoms with E-state index in [2.05, 4.69) is 254 Å². The topological polar surface area (TPSA) is 28.9 Å². The fraction of sp³-hybridized carbons (Fsp3) is 0.0435. The normalized spacial score (nSPS) is 13.0. The second kappa shape index (κ2) is 15.8. The van der Waals surface area contributed by atoms with Gasteiger partial charge < -0.3 is 19.0 Å². The van der Waals surface area contributed by atoms with E-state index in [9.17, 15) is 0 Å². The quantitative estimate of drug-likeness (QED) is 0.149. The summed E-state index contributed by atoms with van der Waals surface area (Å²) in [5, 5.41) is 9.17. The van der Waals surface area contributed by atoms with Gasteiger partial charge in [-0.2, -0.15) is 0 Å². The van der Waals surface area contributed by atoms with Crippen LogP contribution in [0.3, 0.4) is 0 Å². The Morgan fingerprint density at radius 1 is 0.329 bits per heavy atom. The van der Waals surface area contributed by atoms with E-state index in [1.54, 1.807) is 0 Å². The smallest absolute Gasteiger partial charge is 0.159 e. The van der Waals surface area contributed by atoms with E-state index in [0.717, 1.165) is 101 Å². The Labute approximate surface area is 423 Å². The summed E-state index contributed by atoms with van der Waals surface area (Å²) in [6.07, 6.45) is 0. The summed E-state index contributed by atoms with van der Waals surface area (Å²) in [5.74, 6) is 1.64. The lowest BCUT2D eigenvalue weighted by Crippen LogP contribution is -2.16. The van der Waals surface area contributed by atoms with Crippen molar-refractivity contribution in [1.29, 1.82) is 0 Å². The molecule has 12 aromatic carbocycles. The molecule has 0 bridgehead atoms. The Balaban J connectivity index is 0.927. The van der Waals surface area contributed by atoms with Crippen LogP contribution in [0, 0.1) is 0 Å². The number of ether oxygens (including phenoxy) is 1. The van der Waals surface area contributed by atoms with Gasteiger partial charge in [0.1, 0.15) is 17.1 Å². The lowest BCUT2D eigenvalue weighted by atomic mass is 9.82. The van der Waals surface area contributed by atoms with Crippen LogP contribution < -0.4 is 14.5 Å². The van der Waals surface area contributed by atoms with Crippen molar-refractivity contribution >= 4 is 88.4 Å². The van der Waals surface area contributed by atoms with Gasteiger partial charge in [0, 0.05) is 55.5 Å². The first kappa shape index (κ1) is 41.4. The highest BCUT2D eigenvalue weighted by Crippen LogP contribution is 2.55. The third-order valence-electron chi connectivity index (χ3n) is 15.6. The first-order valence-electron chi connectivity index (χ1n) is 25.2. The van der Waals surface area contributed by atoms with E-state index in [0.29, 0.717) is 0 Å². The Morgan fingerprint density at radius 3 is 1.79 bits per heavy atom. The molecular formula is C69H46N2O2. The maximum Gasteiger partial charge on any atom is 0.159 e. The number of hydrogen-bond acceptors (Lipinski definition) is 4. The van der Waals surface area contributed by atoms with E-state index >= 15 is 0 Å². The van der Waals surface area contributed by atoms with Gasteiger partial charge in [0.25, 0.3) is 0 Å². The summed E-state index contributed by atoms with van der Waals surface area (Å²) >= 11 is 0. The van der Waals surface area contributed by atoms with E-state index in [1.807, 2.05) is 12.1 Å². The molecule has 4 heteroatoms. The van der Waals surface area contributed by atoms with Crippen LogP contribution in [-0.4, -0.2) is 0 Å². The number of fused-ring (bicyclic) bond motifs is 12. The molecule has 0 unspecified atom stereocenters. The average Bonchev–Trinajstić information content (AvgIpc) is 3.94. The third kappa shape index (κ3) is 6.20. The summed E-state index contributed by atoms with van der Waals surface area (Å²) in [7, 11) is 0. The van der Waals surface area contributed by atoms with Crippen LogP contribution in [-0.2, 0) is 5.41 Å². The molecule has 1 aliphatic heterocycles. The van der Waals surface area contributed by atoms with Crippen molar-refractivity contribution in [2.75, 3.05) is 9.80 Å². The molecule has 15 rings (SSSR count). The average molecular weight is 935 g/mol. The van der Waals surface area contributed by atoms with Gasteiger partial charge in [0.2, 0.25) is 0 Å². The number of para-hydroxylation sites is 4. The highest BCUT2D eigenvalue weighted by molar-refractivity contribution is 6.26. The van der Waals surface area contributed by atoms with Gasteiger partial charge in [-0.05, 0) is 128 Å². The minimum Gasteiger partial charge on any atom is -0.456 e. The van der Waals surface area contributed by atoms with Crippen molar-refractivity contribution in [1.82, 2.24) is 0 Å². The zero-order chi connectivity index (χ0) is 48.4. The zero-order valence-electron chi connectivity index (χ0n) is 40.3. The minimum atomic E-state index is -0.142. The second-order valence-corrected chi connectivity index (χ2v) is 20.0. The molecule has 344 valence electrons. The molecule has 1 aromatic heterocycles. The van der Waals surface area contributed by atoms with Gasteiger partial charge in [0.15, 0.2) is 5.58 Å². The molecule has 1 aliphatic carbocycles. The number of rotatable bonds is 7. The van der Waals surface area contributed by atoms with Crippen LogP contribution in [0.1, 0.15) is 25.0 Å². The molecular weight excluding hydrogens is 889 g/mol. The number of hydrogen-bond donors (Lipinski definition) is 0. The summed E-state index contributed by atoms with van der Waals surface area (Å²) in [5.41, 5.74) is 17.6. The molecule has 0 saturated carbocycles.